The fraction of sp³-hybridized carbons (Fsp3) is 0.269. The molecule has 168 valence electrons. The van der Waals surface area contributed by atoms with Crippen LogP contribution >= 0.6 is 20.2 Å². The van der Waals surface area contributed by atoms with E-state index in [1.807, 2.05) is 12.3 Å². The third-order valence-corrected chi connectivity index (χ3v) is 5.44. The number of benzene rings is 2. The molecule has 0 amide bonds. The van der Waals surface area contributed by atoms with E-state index in [-0.39, 0.29) is 19.1 Å². The van der Waals surface area contributed by atoms with Crippen LogP contribution in [0.2, 0.25) is 0 Å². The maximum absolute atomic E-state index is 5.19. The molecule has 2 heterocycles. The Morgan fingerprint density at radius 1 is 0.875 bits per heavy atom. The zero-order valence-electron chi connectivity index (χ0n) is 18.7. The van der Waals surface area contributed by atoms with Crippen molar-refractivity contribution in [2.24, 2.45) is 10.9 Å². The van der Waals surface area contributed by atoms with Crippen molar-refractivity contribution in [1.82, 2.24) is 9.97 Å². The summed E-state index contributed by atoms with van der Waals surface area (Å²) in [6.45, 7) is 8.75. The first-order chi connectivity index (χ1) is 15.5. The summed E-state index contributed by atoms with van der Waals surface area (Å²) in [4.78, 5) is 14.8. The van der Waals surface area contributed by atoms with E-state index in [0.717, 1.165) is 51.7 Å². The molecule has 4 rings (SSSR count). The van der Waals surface area contributed by atoms with Crippen LogP contribution < -0.4 is 0 Å². The molecule has 0 bridgehead atoms. The molecular formula is C26H27Cl2FeN3. The second-order valence-corrected chi connectivity index (χ2v) is 9.57. The molecule has 2 aromatic carbocycles. The molecule has 0 spiro atoms. The van der Waals surface area contributed by atoms with Gasteiger partial charge in [0.05, 0.1) is 28.1 Å². The van der Waals surface area contributed by atoms with Crippen molar-refractivity contribution >= 4 is 53.4 Å². The normalized spacial score (nSPS) is 11.8. The van der Waals surface area contributed by atoms with Crippen molar-refractivity contribution in [3.8, 4) is 0 Å². The first kappa shape index (κ1) is 24.7. The summed E-state index contributed by atoms with van der Waals surface area (Å²) in [5.74, 6) is 0.262. The summed E-state index contributed by atoms with van der Waals surface area (Å²) in [7, 11) is 9.53. The number of aliphatic imine (C=N–C) groups is 1. The van der Waals surface area contributed by atoms with Gasteiger partial charge >= 0.3 is 33.3 Å². The number of hydrogen-bond acceptors (Lipinski definition) is 3. The van der Waals surface area contributed by atoms with Gasteiger partial charge in [0.1, 0.15) is 0 Å². The molecule has 6 heteroatoms. The number of aryl methyl sites for hydroxylation is 2. The number of rotatable bonds is 5. The number of halogens is 2. The molecule has 0 saturated carbocycles. The van der Waals surface area contributed by atoms with Crippen LogP contribution in [0, 0.1) is 5.92 Å². The average molecular weight is 508 g/mol. The second-order valence-electron chi connectivity index (χ2n) is 7.74. The fourth-order valence-corrected chi connectivity index (χ4v) is 3.83. The molecule has 0 aliphatic carbocycles. The molecule has 0 unspecified atom stereocenters. The Morgan fingerprint density at radius 3 is 2.06 bits per heavy atom. The summed E-state index contributed by atoms with van der Waals surface area (Å²) in [5, 5.41) is 2.21. The topological polar surface area (TPSA) is 38.1 Å². The third kappa shape index (κ3) is 5.50. The van der Waals surface area contributed by atoms with E-state index < -0.39 is 0 Å². The van der Waals surface area contributed by atoms with E-state index in [2.05, 4.69) is 81.2 Å². The Balaban J connectivity index is 0.000000913. The molecule has 0 aliphatic heterocycles. The molecule has 3 nitrogen and oxygen atoms in total. The Hall–Kier alpha value is -1.97. The van der Waals surface area contributed by atoms with Crippen LogP contribution in [0.5, 0.6) is 0 Å². The minimum atomic E-state index is 0.194. The number of pyridine rings is 2. The summed E-state index contributed by atoms with van der Waals surface area (Å²) in [6.07, 6.45) is 3.77. The standard InChI is InChI=1S/C26H27N3.2ClH.Fe/c1-5-18-9-7-10-19(6-2)24(18)29-23(17(3)4)22-15-14-21-13-12-20-11-8-16-27-25(20)26(21)28-22;;;/h7-17H,5-6H2,1-4H3;2*1H;/q;;;+2/p-2. The summed E-state index contributed by atoms with van der Waals surface area (Å²) >= 11 is 0.194. The van der Waals surface area contributed by atoms with Gasteiger partial charge in [-0.25, -0.2) is 4.98 Å². The van der Waals surface area contributed by atoms with Crippen molar-refractivity contribution in [2.45, 2.75) is 40.5 Å². The van der Waals surface area contributed by atoms with Crippen molar-refractivity contribution in [3.63, 3.8) is 0 Å². The Kier molecular flexibility index (Phi) is 9.07. The zero-order valence-corrected chi connectivity index (χ0v) is 21.3. The second kappa shape index (κ2) is 11.8. The van der Waals surface area contributed by atoms with Gasteiger partial charge in [-0.15, -0.1) is 0 Å². The quantitative estimate of drug-likeness (QED) is 0.155. The van der Waals surface area contributed by atoms with E-state index >= 15 is 0 Å². The van der Waals surface area contributed by atoms with Crippen molar-refractivity contribution in [3.05, 3.63) is 77.6 Å². The number of hydrogen-bond donors (Lipinski definition) is 0. The molecule has 0 fully saturated rings. The van der Waals surface area contributed by atoms with Crippen LogP contribution in [-0.2, 0) is 26.0 Å². The van der Waals surface area contributed by atoms with E-state index in [9.17, 15) is 0 Å². The van der Waals surface area contributed by atoms with Gasteiger partial charge in [-0.05, 0) is 42.0 Å². The first-order valence-electron chi connectivity index (χ1n) is 10.7. The summed E-state index contributed by atoms with van der Waals surface area (Å²) in [5.41, 5.74) is 7.52. The SMILES string of the molecule is CCc1cccc(CC)c1N=C(c1ccc2ccc3cccnc3c2n1)C(C)C.[Cl][Fe][Cl]. The van der Waals surface area contributed by atoms with Gasteiger partial charge in [-0.3, -0.25) is 9.98 Å². The number of fused-ring (bicyclic) bond motifs is 3. The van der Waals surface area contributed by atoms with Gasteiger partial charge in [-0.1, -0.05) is 70.2 Å². The zero-order chi connectivity index (χ0) is 23.1. The monoisotopic (exact) mass is 507 g/mol. The Bertz CT molecular complexity index is 1220. The van der Waals surface area contributed by atoms with E-state index in [1.54, 1.807) is 0 Å². The van der Waals surface area contributed by atoms with Crippen molar-refractivity contribution < 1.29 is 13.1 Å². The number of nitrogens with zero attached hydrogens (tertiary/aromatic N) is 3. The molecule has 32 heavy (non-hydrogen) atoms. The predicted octanol–water partition coefficient (Wildman–Crippen LogP) is 8.06. The van der Waals surface area contributed by atoms with E-state index in [0.29, 0.717) is 0 Å². The number of aromatic nitrogens is 2. The third-order valence-electron chi connectivity index (χ3n) is 5.44. The van der Waals surface area contributed by atoms with Gasteiger partial charge in [0.25, 0.3) is 0 Å². The van der Waals surface area contributed by atoms with Crippen LogP contribution in [0.3, 0.4) is 0 Å². The molecule has 2 aromatic heterocycles. The van der Waals surface area contributed by atoms with Crippen LogP contribution in [0.15, 0.2) is 65.8 Å². The molecule has 0 aliphatic rings. The Labute approximate surface area is 204 Å². The van der Waals surface area contributed by atoms with Gasteiger partial charge in [0.2, 0.25) is 0 Å². The van der Waals surface area contributed by atoms with Gasteiger partial charge in [-0.2, -0.15) is 0 Å². The van der Waals surface area contributed by atoms with Crippen LogP contribution in [-0.4, -0.2) is 15.7 Å². The van der Waals surface area contributed by atoms with Crippen molar-refractivity contribution in [2.75, 3.05) is 0 Å². The minimum absolute atomic E-state index is 0.194. The van der Waals surface area contributed by atoms with Crippen LogP contribution in [0.4, 0.5) is 5.69 Å². The summed E-state index contributed by atoms with van der Waals surface area (Å²) < 4.78 is 0. The maximum atomic E-state index is 5.19. The predicted molar refractivity (Wildman–Crippen MR) is 135 cm³/mol. The Morgan fingerprint density at radius 2 is 1.47 bits per heavy atom. The van der Waals surface area contributed by atoms with E-state index in [4.69, 9.17) is 30.2 Å². The fourth-order valence-electron chi connectivity index (χ4n) is 3.83. The van der Waals surface area contributed by atoms with E-state index in [1.165, 1.54) is 11.1 Å². The van der Waals surface area contributed by atoms with Crippen LogP contribution in [0.25, 0.3) is 21.8 Å². The average Bonchev–Trinajstić information content (AvgIpc) is 2.82. The molecule has 0 N–H and O–H groups in total. The van der Waals surface area contributed by atoms with Crippen LogP contribution in [0.1, 0.15) is 44.5 Å². The molecular weight excluding hydrogens is 481 g/mol. The van der Waals surface area contributed by atoms with Gasteiger partial charge < -0.3 is 0 Å². The molecule has 0 radical (unpaired) electrons. The summed E-state index contributed by atoms with van der Waals surface area (Å²) in [6, 6.07) is 19.0. The first-order valence-corrected chi connectivity index (χ1v) is 13.8. The molecule has 0 atom stereocenters. The van der Waals surface area contributed by atoms with Gasteiger partial charge in [0.15, 0.2) is 0 Å². The number of para-hydroxylation sites is 1. The molecule has 4 aromatic rings. The van der Waals surface area contributed by atoms with Crippen molar-refractivity contribution in [1.29, 1.82) is 0 Å². The molecule has 0 saturated heterocycles. The van der Waals surface area contributed by atoms with Gasteiger partial charge in [0, 0.05) is 17.0 Å².